The van der Waals surface area contributed by atoms with Crippen molar-refractivity contribution in [1.29, 1.82) is 0 Å². The Kier molecular flexibility index (Phi) is 4.93. The maximum absolute atomic E-state index is 6.26. The van der Waals surface area contributed by atoms with Gasteiger partial charge in [-0.1, -0.05) is 103 Å². The molecule has 0 unspecified atom stereocenters. The lowest BCUT2D eigenvalue weighted by molar-refractivity contribution is 0.669. The number of benzene rings is 8. The standard InChI is InChI=1S/C40H25NO/c1-2-11-30(12-3-1)41(31-21-20-27-23-36-34-15-8-9-17-38(34)42-39(36)25-29(27)22-31)37-24-28-19-18-26-10-4-5-13-32(26)40(28)35-16-7-6-14-33(35)37/h1-25H. The number of hydrogen-bond donors (Lipinski definition) is 0. The highest BCUT2D eigenvalue weighted by Crippen LogP contribution is 2.44. The van der Waals surface area contributed by atoms with Gasteiger partial charge in [-0.15, -0.1) is 0 Å². The molecule has 0 aliphatic rings. The average Bonchev–Trinajstić information content (AvgIpc) is 3.41. The maximum Gasteiger partial charge on any atom is 0.136 e. The maximum atomic E-state index is 6.26. The molecule has 0 atom stereocenters. The summed E-state index contributed by atoms with van der Waals surface area (Å²) in [4.78, 5) is 2.39. The summed E-state index contributed by atoms with van der Waals surface area (Å²) in [6.07, 6.45) is 0. The van der Waals surface area contributed by atoms with Crippen molar-refractivity contribution in [3.8, 4) is 0 Å². The highest BCUT2D eigenvalue weighted by molar-refractivity contribution is 6.23. The van der Waals surface area contributed by atoms with Gasteiger partial charge in [0, 0.05) is 27.5 Å². The molecule has 0 N–H and O–H groups in total. The van der Waals surface area contributed by atoms with Gasteiger partial charge in [-0.3, -0.25) is 0 Å². The Labute approximate surface area is 242 Å². The fraction of sp³-hybridized carbons (Fsp3) is 0. The minimum atomic E-state index is 0.912. The van der Waals surface area contributed by atoms with Gasteiger partial charge >= 0.3 is 0 Å². The summed E-state index contributed by atoms with van der Waals surface area (Å²) in [6, 6.07) is 54.4. The van der Waals surface area contributed by atoms with Crippen LogP contribution in [0.4, 0.5) is 17.1 Å². The number of para-hydroxylation sites is 2. The molecule has 1 heterocycles. The van der Waals surface area contributed by atoms with E-state index in [1.807, 2.05) is 12.1 Å². The molecule has 0 bridgehead atoms. The molecule has 0 aliphatic carbocycles. The van der Waals surface area contributed by atoms with E-state index < -0.39 is 0 Å². The minimum Gasteiger partial charge on any atom is -0.456 e. The first-order valence-corrected chi connectivity index (χ1v) is 14.4. The molecule has 196 valence electrons. The summed E-state index contributed by atoms with van der Waals surface area (Å²) in [6.45, 7) is 0. The molecule has 0 amide bonds. The summed E-state index contributed by atoms with van der Waals surface area (Å²) >= 11 is 0. The molecule has 1 aromatic heterocycles. The van der Waals surface area contributed by atoms with Crippen molar-refractivity contribution in [2.24, 2.45) is 0 Å². The molecular weight excluding hydrogens is 510 g/mol. The zero-order valence-corrected chi connectivity index (χ0v) is 22.8. The molecule has 9 rings (SSSR count). The predicted molar refractivity (Wildman–Crippen MR) is 178 cm³/mol. The first kappa shape index (κ1) is 23.1. The van der Waals surface area contributed by atoms with Gasteiger partial charge < -0.3 is 9.32 Å². The van der Waals surface area contributed by atoms with Gasteiger partial charge in [0.2, 0.25) is 0 Å². The Morgan fingerprint density at radius 1 is 0.357 bits per heavy atom. The number of rotatable bonds is 3. The highest BCUT2D eigenvalue weighted by Gasteiger charge is 2.19. The number of hydrogen-bond acceptors (Lipinski definition) is 2. The summed E-state index contributed by atoms with van der Waals surface area (Å²) in [5.41, 5.74) is 5.21. The molecule has 8 aromatic carbocycles. The zero-order valence-electron chi connectivity index (χ0n) is 22.8. The van der Waals surface area contributed by atoms with Crippen molar-refractivity contribution < 1.29 is 4.42 Å². The molecule has 0 aliphatic heterocycles. The highest BCUT2D eigenvalue weighted by atomic mass is 16.3. The van der Waals surface area contributed by atoms with E-state index in [0.29, 0.717) is 0 Å². The van der Waals surface area contributed by atoms with Crippen LogP contribution < -0.4 is 4.90 Å². The van der Waals surface area contributed by atoms with E-state index in [1.165, 1.54) is 37.7 Å². The van der Waals surface area contributed by atoms with Crippen LogP contribution in [0.1, 0.15) is 0 Å². The van der Waals surface area contributed by atoms with Crippen LogP contribution in [-0.2, 0) is 0 Å². The van der Waals surface area contributed by atoms with Crippen molar-refractivity contribution in [3.63, 3.8) is 0 Å². The fourth-order valence-electron chi connectivity index (χ4n) is 6.64. The molecule has 2 heteroatoms. The SMILES string of the molecule is c1ccc(N(c2ccc3cc4c(cc3c2)oc2ccccc24)c2cc3ccc4ccccc4c3c3ccccc23)cc1. The molecular formula is C40H25NO. The van der Waals surface area contributed by atoms with E-state index >= 15 is 0 Å². The normalized spacial score (nSPS) is 11.8. The van der Waals surface area contributed by atoms with Gasteiger partial charge in [0.25, 0.3) is 0 Å². The van der Waals surface area contributed by atoms with Crippen molar-refractivity contribution in [2.45, 2.75) is 0 Å². The van der Waals surface area contributed by atoms with E-state index in [1.54, 1.807) is 0 Å². The molecule has 0 radical (unpaired) electrons. The van der Waals surface area contributed by atoms with E-state index in [4.69, 9.17) is 4.42 Å². The first-order chi connectivity index (χ1) is 20.8. The lowest BCUT2D eigenvalue weighted by atomic mass is 9.94. The van der Waals surface area contributed by atoms with Crippen LogP contribution in [0.2, 0.25) is 0 Å². The van der Waals surface area contributed by atoms with E-state index in [-0.39, 0.29) is 0 Å². The molecule has 0 spiro atoms. The Morgan fingerprint density at radius 2 is 1.05 bits per heavy atom. The van der Waals surface area contributed by atoms with Crippen LogP contribution in [0, 0.1) is 0 Å². The molecule has 9 aromatic rings. The van der Waals surface area contributed by atoms with Gasteiger partial charge in [0.05, 0.1) is 5.69 Å². The monoisotopic (exact) mass is 535 g/mol. The van der Waals surface area contributed by atoms with Gasteiger partial charge in [0.15, 0.2) is 0 Å². The van der Waals surface area contributed by atoms with E-state index in [0.717, 1.165) is 44.4 Å². The largest absolute Gasteiger partial charge is 0.456 e. The lowest BCUT2D eigenvalue weighted by Gasteiger charge is -2.28. The predicted octanol–water partition coefficient (Wildman–Crippen LogP) is 11.7. The molecule has 0 saturated heterocycles. The molecule has 0 saturated carbocycles. The third kappa shape index (κ3) is 3.45. The van der Waals surface area contributed by atoms with Crippen molar-refractivity contribution in [3.05, 3.63) is 152 Å². The lowest BCUT2D eigenvalue weighted by Crippen LogP contribution is -2.10. The summed E-state index contributed by atoms with van der Waals surface area (Å²) < 4.78 is 6.26. The van der Waals surface area contributed by atoms with Gasteiger partial charge in [-0.25, -0.2) is 0 Å². The van der Waals surface area contributed by atoms with Gasteiger partial charge in [-0.05, 0) is 86.2 Å². The van der Waals surface area contributed by atoms with Crippen LogP contribution in [0.25, 0.3) is 65.0 Å². The summed E-state index contributed by atoms with van der Waals surface area (Å²) in [7, 11) is 0. The van der Waals surface area contributed by atoms with Crippen LogP contribution in [0.5, 0.6) is 0 Å². The Morgan fingerprint density at radius 3 is 1.93 bits per heavy atom. The van der Waals surface area contributed by atoms with E-state index in [9.17, 15) is 0 Å². The number of nitrogens with zero attached hydrogens (tertiary/aromatic N) is 1. The van der Waals surface area contributed by atoms with E-state index in [2.05, 4.69) is 144 Å². The Hall–Kier alpha value is -5.60. The first-order valence-electron chi connectivity index (χ1n) is 14.4. The topological polar surface area (TPSA) is 16.4 Å². The van der Waals surface area contributed by atoms with Crippen molar-refractivity contribution >= 4 is 82.1 Å². The number of fused-ring (bicyclic) bond motifs is 9. The van der Waals surface area contributed by atoms with Crippen LogP contribution >= 0.6 is 0 Å². The second-order valence-corrected chi connectivity index (χ2v) is 11.0. The van der Waals surface area contributed by atoms with Gasteiger partial charge in [0.1, 0.15) is 11.2 Å². The average molecular weight is 536 g/mol. The molecule has 42 heavy (non-hydrogen) atoms. The Bertz CT molecular complexity index is 2470. The Balaban J connectivity index is 1.33. The quantitative estimate of drug-likeness (QED) is 0.209. The van der Waals surface area contributed by atoms with Crippen LogP contribution in [0.15, 0.2) is 156 Å². The van der Waals surface area contributed by atoms with Crippen molar-refractivity contribution in [1.82, 2.24) is 0 Å². The molecule has 2 nitrogen and oxygen atoms in total. The number of furan rings is 1. The second kappa shape index (κ2) is 8.95. The third-order valence-electron chi connectivity index (χ3n) is 8.56. The van der Waals surface area contributed by atoms with Gasteiger partial charge in [-0.2, -0.15) is 0 Å². The number of anilines is 3. The van der Waals surface area contributed by atoms with Crippen LogP contribution in [-0.4, -0.2) is 0 Å². The van der Waals surface area contributed by atoms with Crippen LogP contribution in [0.3, 0.4) is 0 Å². The minimum absolute atomic E-state index is 0.912. The summed E-state index contributed by atoms with van der Waals surface area (Å²) in [5, 5.41) is 12.2. The smallest absolute Gasteiger partial charge is 0.136 e. The summed E-state index contributed by atoms with van der Waals surface area (Å²) in [5.74, 6) is 0. The zero-order chi connectivity index (χ0) is 27.6. The third-order valence-corrected chi connectivity index (χ3v) is 8.56. The molecule has 0 fully saturated rings. The van der Waals surface area contributed by atoms with Crippen molar-refractivity contribution in [2.75, 3.05) is 4.90 Å². The fourth-order valence-corrected chi connectivity index (χ4v) is 6.64. The second-order valence-electron chi connectivity index (χ2n) is 11.0.